The Labute approximate surface area is 131 Å². The Kier molecular flexibility index (Phi) is 5.01. The molecule has 2 aromatic rings. The van der Waals surface area contributed by atoms with E-state index in [1.165, 1.54) is 23.4 Å². The van der Waals surface area contributed by atoms with Crippen molar-refractivity contribution in [1.82, 2.24) is 15.2 Å². The van der Waals surface area contributed by atoms with Crippen molar-refractivity contribution in [3.8, 4) is 0 Å². The molecule has 0 aliphatic heterocycles. The Morgan fingerprint density at radius 1 is 1.24 bits per heavy atom. The van der Waals surface area contributed by atoms with Gasteiger partial charge in [-0.3, -0.25) is 4.98 Å². The van der Waals surface area contributed by atoms with Gasteiger partial charge in [0.25, 0.3) is 0 Å². The van der Waals surface area contributed by atoms with Gasteiger partial charge in [0, 0.05) is 30.6 Å². The number of pyridine rings is 1. The van der Waals surface area contributed by atoms with Gasteiger partial charge in [-0.25, -0.2) is 0 Å². The van der Waals surface area contributed by atoms with Gasteiger partial charge in [0.15, 0.2) is 0 Å². The first-order chi connectivity index (χ1) is 10.3. The Bertz CT molecular complexity index is 549. The summed E-state index contributed by atoms with van der Waals surface area (Å²) in [7, 11) is 2.17. The molecule has 0 unspecified atom stereocenters. The van der Waals surface area contributed by atoms with Crippen LogP contribution in [0.25, 0.3) is 0 Å². The van der Waals surface area contributed by atoms with Gasteiger partial charge in [-0.2, -0.15) is 0 Å². The van der Waals surface area contributed by atoms with Crippen molar-refractivity contribution in [2.24, 2.45) is 0 Å². The third kappa shape index (κ3) is 4.92. The van der Waals surface area contributed by atoms with Crippen LogP contribution in [-0.2, 0) is 19.5 Å². The first kappa shape index (κ1) is 14.7. The zero-order valence-electron chi connectivity index (χ0n) is 12.6. The van der Waals surface area contributed by atoms with E-state index >= 15 is 0 Å². The van der Waals surface area contributed by atoms with E-state index in [9.17, 15) is 0 Å². The van der Waals surface area contributed by atoms with Crippen LogP contribution < -0.4 is 5.32 Å². The van der Waals surface area contributed by atoms with E-state index in [-0.39, 0.29) is 0 Å². The minimum atomic E-state index is 0.740. The lowest BCUT2D eigenvalue weighted by molar-refractivity contribution is 0.327. The molecule has 2 aromatic heterocycles. The smallest absolute Gasteiger partial charge is 0.0547 e. The molecule has 1 saturated carbocycles. The molecule has 112 valence electrons. The van der Waals surface area contributed by atoms with Gasteiger partial charge in [-0.1, -0.05) is 12.1 Å². The Balaban J connectivity index is 1.47. The van der Waals surface area contributed by atoms with E-state index in [2.05, 4.69) is 53.0 Å². The molecule has 0 aromatic carbocycles. The molecule has 0 bridgehead atoms. The Hall–Kier alpha value is -1.23. The van der Waals surface area contributed by atoms with Crippen molar-refractivity contribution in [2.45, 2.75) is 38.4 Å². The van der Waals surface area contributed by atoms with E-state index in [1.54, 1.807) is 0 Å². The standard InChI is InChI=1S/C17H23N3S/c1-20(10-9-17-6-3-11-21-17)13-16-5-2-4-15(19-16)12-18-14-7-8-14/h2-6,11,14,18H,7-10,12-13H2,1H3. The second kappa shape index (κ2) is 7.16. The lowest BCUT2D eigenvalue weighted by atomic mass is 10.2. The van der Waals surface area contributed by atoms with Gasteiger partial charge in [0.05, 0.1) is 11.4 Å². The van der Waals surface area contributed by atoms with Crippen molar-refractivity contribution in [3.05, 3.63) is 52.0 Å². The first-order valence-corrected chi connectivity index (χ1v) is 8.57. The normalized spacial score (nSPS) is 14.8. The number of thiophene rings is 1. The van der Waals surface area contributed by atoms with Crippen LogP contribution in [0.15, 0.2) is 35.7 Å². The summed E-state index contributed by atoms with van der Waals surface area (Å²) in [6.07, 6.45) is 3.77. The van der Waals surface area contributed by atoms with Crippen LogP contribution in [0, 0.1) is 0 Å². The van der Waals surface area contributed by atoms with Crippen LogP contribution in [0.1, 0.15) is 29.1 Å². The summed E-state index contributed by atoms with van der Waals surface area (Å²) in [5.41, 5.74) is 2.32. The lowest BCUT2D eigenvalue weighted by Gasteiger charge is -2.16. The summed E-state index contributed by atoms with van der Waals surface area (Å²) in [6, 6.07) is 11.4. The van der Waals surface area contributed by atoms with E-state index in [0.29, 0.717) is 0 Å². The molecule has 0 amide bonds. The molecule has 0 spiro atoms. The van der Waals surface area contributed by atoms with Gasteiger partial charge in [-0.15, -0.1) is 11.3 Å². The monoisotopic (exact) mass is 301 g/mol. The fraction of sp³-hybridized carbons (Fsp3) is 0.471. The highest BCUT2D eigenvalue weighted by molar-refractivity contribution is 7.09. The van der Waals surface area contributed by atoms with Crippen LogP contribution in [0.5, 0.6) is 0 Å². The zero-order chi connectivity index (χ0) is 14.5. The van der Waals surface area contributed by atoms with Crippen molar-refractivity contribution >= 4 is 11.3 Å². The van der Waals surface area contributed by atoms with Gasteiger partial charge < -0.3 is 10.2 Å². The summed E-state index contributed by atoms with van der Waals surface area (Å²) in [5, 5.41) is 5.67. The van der Waals surface area contributed by atoms with Crippen molar-refractivity contribution in [3.63, 3.8) is 0 Å². The largest absolute Gasteiger partial charge is 0.308 e. The molecule has 1 fully saturated rings. The number of aromatic nitrogens is 1. The van der Waals surface area contributed by atoms with E-state index < -0.39 is 0 Å². The molecule has 21 heavy (non-hydrogen) atoms. The molecular weight excluding hydrogens is 278 g/mol. The highest BCUT2D eigenvalue weighted by atomic mass is 32.1. The quantitative estimate of drug-likeness (QED) is 0.812. The average molecular weight is 301 g/mol. The molecule has 4 heteroatoms. The zero-order valence-corrected chi connectivity index (χ0v) is 13.4. The summed E-state index contributed by atoms with van der Waals surface area (Å²) in [4.78, 5) is 8.56. The van der Waals surface area contributed by atoms with Crippen LogP contribution in [0.2, 0.25) is 0 Å². The minimum absolute atomic E-state index is 0.740. The van der Waals surface area contributed by atoms with Crippen LogP contribution >= 0.6 is 11.3 Å². The number of nitrogens with zero attached hydrogens (tertiary/aromatic N) is 2. The molecule has 1 aliphatic carbocycles. The summed E-state index contributed by atoms with van der Waals surface area (Å²) < 4.78 is 0. The second-order valence-electron chi connectivity index (χ2n) is 5.84. The fourth-order valence-electron chi connectivity index (χ4n) is 2.36. The van der Waals surface area contributed by atoms with E-state index in [0.717, 1.165) is 37.8 Å². The van der Waals surface area contributed by atoms with Crippen LogP contribution in [0.4, 0.5) is 0 Å². The van der Waals surface area contributed by atoms with E-state index in [1.807, 2.05) is 11.3 Å². The third-order valence-electron chi connectivity index (χ3n) is 3.77. The highest BCUT2D eigenvalue weighted by Gasteiger charge is 2.20. The summed E-state index contributed by atoms with van der Waals surface area (Å²) in [6.45, 7) is 2.90. The predicted octanol–water partition coefficient (Wildman–Crippen LogP) is 3.07. The maximum Gasteiger partial charge on any atom is 0.0547 e. The molecule has 0 saturated heterocycles. The predicted molar refractivity (Wildman–Crippen MR) is 88.5 cm³/mol. The third-order valence-corrected chi connectivity index (χ3v) is 4.70. The minimum Gasteiger partial charge on any atom is -0.308 e. The molecule has 0 atom stereocenters. The molecule has 0 radical (unpaired) electrons. The molecule has 3 nitrogen and oxygen atoms in total. The van der Waals surface area contributed by atoms with Gasteiger partial charge >= 0.3 is 0 Å². The molecule has 3 rings (SSSR count). The van der Waals surface area contributed by atoms with Gasteiger partial charge in [-0.05, 0) is 49.9 Å². The molecule has 2 heterocycles. The summed E-state index contributed by atoms with van der Waals surface area (Å²) >= 11 is 1.84. The highest BCUT2D eigenvalue weighted by Crippen LogP contribution is 2.19. The molecule has 1 aliphatic rings. The van der Waals surface area contributed by atoms with Crippen molar-refractivity contribution in [1.29, 1.82) is 0 Å². The lowest BCUT2D eigenvalue weighted by Crippen LogP contribution is -2.22. The molecule has 1 N–H and O–H groups in total. The van der Waals surface area contributed by atoms with Crippen molar-refractivity contribution < 1.29 is 0 Å². The number of hydrogen-bond acceptors (Lipinski definition) is 4. The number of rotatable bonds is 8. The SMILES string of the molecule is CN(CCc1cccs1)Cc1cccc(CNC2CC2)n1. The topological polar surface area (TPSA) is 28.2 Å². The fourth-order valence-corrected chi connectivity index (χ4v) is 3.06. The van der Waals surface area contributed by atoms with Gasteiger partial charge in [0.1, 0.15) is 0 Å². The molecular formula is C17H23N3S. The van der Waals surface area contributed by atoms with Gasteiger partial charge in [0.2, 0.25) is 0 Å². The second-order valence-corrected chi connectivity index (χ2v) is 6.87. The van der Waals surface area contributed by atoms with Crippen molar-refractivity contribution in [2.75, 3.05) is 13.6 Å². The van der Waals surface area contributed by atoms with Crippen LogP contribution in [-0.4, -0.2) is 29.5 Å². The van der Waals surface area contributed by atoms with Crippen LogP contribution in [0.3, 0.4) is 0 Å². The number of likely N-dealkylation sites (N-methyl/N-ethyl adjacent to an activating group) is 1. The van der Waals surface area contributed by atoms with E-state index in [4.69, 9.17) is 4.98 Å². The summed E-state index contributed by atoms with van der Waals surface area (Å²) in [5.74, 6) is 0. The maximum atomic E-state index is 4.76. The Morgan fingerprint density at radius 3 is 2.86 bits per heavy atom. The number of hydrogen-bond donors (Lipinski definition) is 1. The first-order valence-electron chi connectivity index (χ1n) is 7.69. The average Bonchev–Trinajstić information content (AvgIpc) is 3.17. The maximum absolute atomic E-state index is 4.76. The Morgan fingerprint density at radius 2 is 2.10 bits per heavy atom. The number of nitrogens with one attached hydrogen (secondary N) is 1.